The van der Waals surface area contributed by atoms with E-state index in [0.29, 0.717) is 5.13 Å². The Balaban J connectivity index is 1.67. The molecule has 1 aliphatic rings. The van der Waals surface area contributed by atoms with E-state index in [0.717, 1.165) is 20.7 Å². The molecule has 6 nitrogen and oxygen atoms in total. The number of aliphatic hydroxyl groups is 1. The van der Waals surface area contributed by atoms with Gasteiger partial charge in [-0.1, -0.05) is 23.5 Å². The van der Waals surface area contributed by atoms with Crippen LogP contribution in [0.3, 0.4) is 0 Å². The Morgan fingerprint density at radius 1 is 1.24 bits per heavy atom. The Hall–Kier alpha value is -3.23. The number of rotatable bonds is 4. The molecule has 1 aliphatic heterocycles. The molecule has 3 aromatic heterocycles. The number of thiazole rings is 1. The molecule has 1 N–H and O–H groups in total. The number of hydrogen-bond donors (Lipinski definition) is 1. The number of carbonyl (C=O) groups is 2. The molecule has 144 valence electrons. The third-order valence-electron chi connectivity index (χ3n) is 4.75. The van der Waals surface area contributed by atoms with Gasteiger partial charge in [0.1, 0.15) is 6.04 Å². The van der Waals surface area contributed by atoms with E-state index in [1.54, 1.807) is 6.07 Å². The van der Waals surface area contributed by atoms with E-state index in [1.807, 2.05) is 42.6 Å². The lowest BCUT2D eigenvalue weighted by Gasteiger charge is -2.22. The van der Waals surface area contributed by atoms with Gasteiger partial charge in [0.05, 0.1) is 22.1 Å². The first-order chi connectivity index (χ1) is 14.0. The van der Waals surface area contributed by atoms with Crippen molar-refractivity contribution in [3.8, 4) is 0 Å². The fraction of sp³-hybridized carbons (Fsp3) is 0.0952. The Morgan fingerprint density at radius 3 is 2.83 bits per heavy atom. The summed E-state index contributed by atoms with van der Waals surface area (Å²) in [5.74, 6) is -1.66. The van der Waals surface area contributed by atoms with Crippen molar-refractivity contribution in [2.24, 2.45) is 0 Å². The molecule has 0 bridgehead atoms. The van der Waals surface area contributed by atoms with Gasteiger partial charge in [-0.25, -0.2) is 4.98 Å². The van der Waals surface area contributed by atoms with Crippen LogP contribution >= 0.6 is 22.7 Å². The Morgan fingerprint density at radius 2 is 2.10 bits per heavy atom. The number of benzene rings is 1. The van der Waals surface area contributed by atoms with Gasteiger partial charge < -0.3 is 9.52 Å². The molecule has 4 aromatic rings. The maximum Gasteiger partial charge on any atom is 0.296 e. The summed E-state index contributed by atoms with van der Waals surface area (Å²) in [5.41, 5.74) is 1.85. The molecule has 0 spiro atoms. The number of amides is 1. The van der Waals surface area contributed by atoms with E-state index in [4.69, 9.17) is 4.42 Å². The van der Waals surface area contributed by atoms with Crippen LogP contribution in [-0.2, 0) is 4.79 Å². The van der Waals surface area contributed by atoms with Crippen LogP contribution in [0.25, 0.3) is 10.2 Å². The molecular weight excluding hydrogens is 408 g/mol. The molecule has 8 heteroatoms. The molecule has 1 aromatic carbocycles. The summed E-state index contributed by atoms with van der Waals surface area (Å²) >= 11 is 2.76. The zero-order chi connectivity index (χ0) is 20.1. The molecule has 29 heavy (non-hydrogen) atoms. The topological polar surface area (TPSA) is 83.6 Å². The van der Waals surface area contributed by atoms with Crippen LogP contribution in [0.4, 0.5) is 5.13 Å². The van der Waals surface area contributed by atoms with Crippen LogP contribution < -0.4 is 4.90 Å². The fourth-order valence-corrected chi connectivity index (χ4v) is 5.33. The zero-order valence-electron chi connectivity index (χ0n) is 15.2. The minimum absolute atomic E-state index is 0.00263. The van der Waals surface area contributed by atoms with Gasteiger partial charge in [-0.05, 0) is 48.2 Å². The summed E-state index contributed by atoms with van der Waals surface area (Å²) in [6.45, 7) is 1.99. The molecule has 5 rings (SSSR count). The number of aromatic nitrogens is 1. The number of furan rings is 1. The number of aliphatic hydroxyl groups excluding tert-OH is 1. The molecule has 0 saturated carbocycles. The van der Waals surface area contributed by atoms with E-state index in [2.05, 4.69) is 4.98 Å². The van der Waals surface area contributed by atoms with Gasteiger partial charge in [0.25, 0.3) is 5.91 Å². The Kier molecular flexibility index (Phi) is 4.11. The summed E-state index contributed by atoms with van der Waals surface area (Å²) in [4.78, 5) is 32.9. The summed E-state index contributed by atoms with van der Waals surface area (Å²) in [6, 6.07) is 11.9. The first-order valence-corrected chi connectivity index (χ1v) is 10.5. The van der Waals surface area contributed by atoms with E-state index < -0.39 is 23.5 Å². The van der Waals surface area contributed by atoms with E-state index in [-0.39, 0.29) is 11.3 Å². The largest absolute Gasteiger partial charge is 0.503 e. The quantitative estimate of drug-likeness (QED) is 0.466. The molecule has 4 heterocycles. The van der Waals surface area contributed by atoms with Gasteiger partial charge in [0, 0.05) is 4.88 Å². The summed E-state index contributed by atoms with van der Waals surface area (Å²) in [5, 5.41) is 13.0. The van der Waals surface area contributed by atoms with Crippen molar-refractivity contribution in [1.82, 2.24) is 4.98 Å². The second-order valence-electron chi connectivity index (χ2n) is 6.63. The third kappa shape index (κ3) is 2.80. The highest BCUT2D eigenvalue weighted by Crippen LogP contribution is 2.45. The normalized spacial score (nSPS) is 16.9. The van der Waals surface area contributed by atoms with Crippen LogP contribution in [0.2, 0.25) is 0 Å². The number of aryl methyl sites for hydroxylation is 1. The van der Waals surface area contributed by atoms with Crippen molar-refractivity contribution in [2.45, 2.75) is 13.0 Å². The first kappa shape index (κ1) is 17.8. The molecule has 1 atom stereocenters. The lowest BCUT2D eigenvalue weighted by molar-refractivity contribution is -0.117. The van der Waals surface area contributed by atoms with Crippen molar-refractivity contribution >= 4 is 49.7 Å². The maximum absolute atomic E-state index is 13.1. The predicted octanol–water partition coefficient (Wildman–Crippen LogP) is 5.04. The lowest BCUT2D eigenvalue weighted by atomic mass is 10.0. The van der Waals surface area contributed by atoms with Crippen molar-refractivity contribution < 1.29 is 19.1 Å². The highest BCUT2D eigenvalue weighted by Gasteiger charge is 2.46. The number of ketones is 1. The average molecular weight is 422 g/mol. The monoisotopic (exact) mass is 422 g/mol. The van der Waals surface area contributed by atoms with Gasteiger partial charge >= 0.3 is 0 Å². The molecule has 0 radical (unpaired) electrons. The minimum Gasteiger partial charge on any atom is -0.503 e. The lowest BCUT2D eigenvalue weighted by Crippen LogP contribution is -2.30. The van der Waals surface area contributed by atoms with Crippen LogP contribution in [-0.4, -0.2) is 21.8 Å². The van der Waals surface area contributed by atoms with Crippen LogP contribution in [0.5, 0.6) is 0 Å². The van der Waals surface area contributed by atoms with Gasteiger partial charge in [-0.3, -0.25) is 14.5 Å². The molecule has 0 aliphatic carbocycles. The molecule has 0 saturated heterocycles. The standard InChI is InChI=1S/C21H14N2O4S2/c1-11-6-7-12-15(10-11)29-21(22-12)23-17(14-5-3-9-28-14)16(19(25)20(23)26)18(24)13-4-2-8-27-13/h2-10,17,25H,1H3/t17-/m1/s1. The molecule has 0 fully saturated rings. The number of carbonyl (C=O) groups excluding carboxylic acids is 2. The molecule has 0 unspecified atom stereocenters. The second-order valence-corrected chi connectivity index (χ2v) is 8.62. The highest BCUT2D eigenvalue weighted by molar-refractivity contribution is 7.22. The van der Waals surface area contributed by atoms with Crippen molar-refractivity contribution in [2.75, 3.05) is 4.90 Å². The van der Waals surface area contributed by atoms with Gasteiger partial charge in [0.2, 0.25) is 5.78 Å². The van der Waals surface area contributed by atoms with Crippen molar-refractivity contribution in [3.05, 3.63) is 81.6 Å². The molecule has 1 amide bonds. The number of fused-ring (bicyclic) bond motifs is 1. The summed E-state index contributed by atoms with van der Waals surface area (Å²) in [7, 11) is 0. The minimum atomic E-state index is -0.762. The smallest absolute Gasteiger partial charge is 0.296 e. The highest BCUT2D eigenvalue weighted by atomic mass is 32.1. The first-order valence-electron chi connectivity index (χ1n) is 8.80. The van der Waals surface area contributed by atoms with Crippen molar-refractivity contribution in [3.63, 3.8) is 0 Å². The van der Waals surface area contributed by atoms with Crippen molar-refractivity contribution in [1.29, 1.82) is 0 Å². The van der Waals surface area contributed by atoms with Gasteiger partial charge in [0.15, 0.2) is 16.7 Å². The van der Waals surface area contributed by atoms with Gasteiger partial charge in [-0.2, -0.15) is 0 Å². The average Bonchev–Trinajstić information content (AvgIpc) is 3.49. The number of thiophene rings is 1. The van der Waals surface area contributed by atoms with Crippen LogP contribution in [0.1, 0.15) is 27.0 Å². The Bertz CT molecular complexity index is 1270. The zero-order valence-corrected chi connectivity index (χ0v) is 16.8. The second kappa shape index (κ2) is 6.68. The number of nitrogens with zero attached hydrogens (tertiary/aromatic N) is 2. The SMILES string of the molecule is Cc1ccc2nc(N3C(=O)C(O)=C(C(=O)c4ccco4)[C@H]3c3cccs3)sc2c1. The summed E-state index contributed by atoms with van der Waals surface area (Å²) < 4.78 is 6.16. The number of Topliss-reactive ketones (excluding diaryl/α,β-unsaturated/α-hetero) is 1. The van der Waals surface area contributed by atoms with Crippen LogP contribution in [0, 0.1) is 6.92 Å². The number of hydrogen-bond acceptors (Lipinski definition) is 7. The fourth-order valence-electron chi connectivity index (χ4n) is 3.41. The Labute approximate surface area is 173 Å². The number of anilines is 1. The van der Waals surface area contributed by atoms with E-state index in [1.165, 1.54) is 39.9 Å². The maximum atomic E-state index is 13.1. The van der Waals surface area contributed by atoms with Gasteiger partial charge in [-0.15, -0.1) is 11.3 Å². The van der Waals surface area contributed by atoms with Crippen LogP contribution in [0.15, 0.2) is 69.9 Å². The molecular formula is C21H14N2O4S2. The van der Waals surface area contributed by atoms with E-state index >= 15 is 0 Å². The van der Waals surface area contributed by atoms with E-state index in [9.17, 15) is 14.7 Å². The third-order valence-corrected chi connectivity index (χ3v) is 6.69. The summed E-state index contributed by atoms with van der Waals surface area (Å²) in [6.07, 6.45) is 1.38. The predicted molar refractivity (Wildman–Crippen MR) is 112 cm³/mol.